The van der Waals surface area contributed by atoms with Crippen LogP contribution in [0.2, 0.25) is 0 Å². The number of hydrogen-bond donors (Lipinski definition) is 2. The van der Waals surface area contributed by atoms with Crippen molar-refractivity contribution in [3.8, 4) is 0 Å². The fourth-order valence-electron chi connectivity index (χ4n) is 1.24. The number of carbonyl (C=O) groups excluding carboxylic acids is 1. The van der Waals surface area contributed by atoms with E-state index in [1.54, 1.807) is 14.2 Å². The third-order valence-corrected chi connectivity index (χ3v) is 2.25. The van der Waals surface area contributed by atoms with Gasteiger partial charge in [-0.2, -0.15) is 0 Å². The van der Waals surface area contributed by atoms with Crippen LogP contribution >= 0.6 is 0 Å². The van der Waals surface area contributed by atoms with E-state index in [4.69, 9.17) is 19.9 Å². The number of primary amides is 1. The SMILES string of the molecule is CNC(CCOCCCOCCOC)C(N)=O. The molecule has 17 heavy (non-hydrogen) atoms. The Balaban J connectivity index is 3.20. The lowest BCUT2D eigenvalue weighted by atomic mass is 10.2. The van der Waals surface area contributed by atoms with E-state index in [-0.39, 0.29) is 11.9 Å². The first-order valence-electron chi connectivity index (χ1n) is 5.83. The summed E-state index contributed by atoms with van der Waals surface area (Å²) in [5, 5.41) is 2.83. The highest BCUT2D eigenvalue weighted by Gasteiger charge is 2.11. The van der Waals surface area contributed by atoms with Crippen molar-refractivity contribution in [1.29, 1.82) is 0 Å². The van der Waals surface area contributed by atoms with E-state index in [0.29, 0.717) is 39.5 Å². The molecule has 1 amide bonds. The summed E-state index contributed by atoms with van der Waals surface area (Å²) in [4.78, 5) is 10.9. The normalized spacial score (nSPS) is 12.6. The maximum Gasteiger partial charge on any atom is 0.234 e. The summed E-state index contributed by atoms with van der Waals surface area (Å²) in [6.07, 6.45) is 1.43. The van der Waals surface area contributed by atoms with Crippen LogP contribution in [-0.4, -0.2) is 59.1 Å². The van der Waals surface area contributed by atoms with Crippen LogP contribution in [0.4, 0.5) is 0 Å². The number of rotatable bonds is 12. The molecule has 0 fully saturated rings. The molecule has 0 saturated carbocycles. The summed E-state index contributed by atoms with van der Waals surface area (Å²) in [6.45, 7) is 3.03. The van der Waals surface area contributed by atoms with Crippen molar-refractivity contribution in [3.05, 3.63) is 0 Å². The van der Waals surface area contributed by atoms with E-state index in [2.05, 4.69) is 5.32 Å². The Hall–Kier alpha value is -0.690. The Morgan fingerprint density at radius 3 is 2.35 bits per heavy atom. The molecule has 0 radical (unpaired) electrons. The molecule has 0 spiro atoms. The first-order valence-corrected chi connectivity index (χ1v) is 5.83. The van der Waals surface area contributed by atoms with Gasteiger partial charge in [-0.15, -0.1) is 0 Å². The lowest BCUT2D eigenvalue weighted by Gasteiger charge is -2.12. The molecule has 0 aromatic rings. The van der Waals surface area contributed by atoms with Gasteiger partial charge in [0.1, 0.15) is 0 Å². The quantitative estimate of drug-likeness (QED) is 0.456. The zero-order valence-electron chi connectivity index (χ0n) is 10.7. The Morgan fingerprint density at radius 2 is 1.82 bits per heavy atom. The maximum atomic E-state index is 10.9. The minimum atomic E-state index is -0.348. The summed E-state index contributed by atoms with van der Waals surface area (Å²) >= 11 is 0. The summed E-state index contributed by atoms with van der Waals surface area (Å²) in [6, 6.07) is -0.312. The number of ether oxygens (including phenoxy) is 3. The lowest BCUT2D eigenvalue weighted by molar-refractivity contribution is -0.120. The second-order valence-electron chi connectivity index (χ2n) is 3.60. The van der Waals surface area contributed by atoms with E-state index in [0.717, 1.165) is 6.42 Å². The smallest absolute Gasteiger partial charge is 0.234 e. The maximum absolute atomic E-state index is 10.9. The van der Waals surface area contributed by atoms with Crippen LogP contribution in [0.25, 0.3) is 0 Å². The van der Waals surface area contributed by atoms with Crippen LogP contribution in [0, 0.1) is 0 Å². The molecule has 0 heterocycles. The van der Waals surface area contributed by atoms with Crippen LogP contribution in [-0.2, 0) is 19.0 Å². The zero-order chi connectivity index (χ0) is 12.9. The molecule has 0 aromatic heterocycles. The predicted molar refractivity (Wildman–Crippen MR) is 64.8 cm³/mol. The average molecular weight is 248 g/mol. The van der Waals surface area contributed by atoms with E-state index in [9.17, 15) is 4.79 Å². The lowest BCUT2D eigenvalue weighted by Crippen LogP contribution is -2.39. The van der Waals surface area contributed by atoms with E-state index >= 15 is 0 Å². The highest BCUT2D eigenvalue weighted by molar-refractivity contribution is 5.79. The van der Waals surface area contributed by atoms with Crippen molar-refractivity contribution in [3.63, 3.8) is 0 Å². The summed E-state index contributed by atoms with van der Waals surface area (Å²) in [5.74, 6) is -0.348. The van der Waals surface area contributed by atoms with Crippen LogP contribution in [0.3, 0.4) is 0 Å². The van der Waals surface area contributed by atoms with Crippen molar-refractivity contribution >= 4 is 5.91 Å². The fraction of sp³-hybridized carbons (Fsp3) is 0.909. The van der Waals surface area contributed by atoms with Gasteiger partial charge in [0.2, 0.25) is 5.91 Å². The van der Waals surface area contributed by atoms with Gasteiger partial charge in [0.15, 0.2) is 0 Å². The number of likely N-dealkylation sites (N-methyl/N-ethyl adjacent to an activating group) is 1. The third kappa shape index (κ3) is 10.2. The molecule has 0 aliphatic carbocycles. The molecule has 0 saturated heterocycles. The second-order valence-corrected chi connectivity index (χ2v) is 3.60. The molecule has 1 unspecified atom stereocenters. The van der Waals surface area contributed by atoms with E-state index in [1.807, 2.05) is 0 Å². The molecule has 0 aliphatic rings. The predicted octanol–water partition coefficient (Wildman–Crippen LogP) is -0.480. The first kappa shape index (κ1) is 16.3. The van der Waals surface area contributed by atoms with Crippen LogP contribution in [0.15, 0.2) is 0 Å². The molecule has 0 rings (SSSR count). The van der Waals surface area contributed by atoms with Gasteiger partial charge < -0.3 is 25.3 Å². The van der Waals surface area contributed by atoms with Gasteiger partial charge >= 0.3 is 0 Å². The molecular formula is C11H24N2O4. The number of carbonyl (C=O) groups is 1. The van der Waals surface area contributed by atoms with Crippen LogP contribution in [0.5, 0.6) is 0 Å². The molecular weight excluding hydrogens is 224 g/mol. The molecule has 6 nitrogen and oxygen atoms in total. The standard InChI is InChI=1S/C11H24N2O4/c1-13-10(11(12)14)4-7-16-5-3-6-17-9-8-15-2/h10,13H,3-9H2,1-2H3,(H2,12,14). The Bertz CT molecular complexity index is 190. The summed E-state index contributed by atoms with van der Waals surface area (Å²) in [7, 11) is 3.35. The van der Waals surface area contributed by atoms with E-state index < -0.39 is 0 Å². The van der Waals surface area contributed by atoms with Gasteiger partial charge in [-0.25, -0.2) is 0 Å². The number of methoxy groups -OCH3 is 1. The number of hydrogen-bond acceptors (Lipinski definition) is 5. The van der Waals surface area contributed by atoms with Crippen molar-refractivity contribution < 1.29 is 19.0 Å². The minimum Gasteiger partial charge on any atom is -0.382 e. The molecule has 102 valence electrons. The number of amides is 1. The van der Waals surface area contributed by atoms with Gasteiger partial charge in [0.05, 0.1) is 19.3 Å². The van der Waals surface area contributed by atoms with Crippen molar-refractivity contribution in [1.82, 2.24) is 5.32 Å². The van der Waals surface area contributed by atoms with Gasteiger partial charge in [0.25, 0.3) is 0 Å². The molecule has 0 aromatic carbocycles. The van der Waals surface area contributed by atoms with Crippen LogP contribution < -0.4 is 11.1 Å². The number of nitrogens with one attached hydrogen (secondary N) is 1. The molecule has 0 bridgehead atoms. The zero-order valence-corrected chi connectivity index (χ0v) is 10.7. The topological polar surface area (TPSA) is 82.8 Å². The summed E-state index contributed by atoms with van der Waals surface area (Å²) < 4.78 is 15.5. The Labute approximate surface area is 103 Å². The monoisotopic (exact) mass is 248 g/mol. The Morgan fingerprint density at radius 1 is 1.18 bits per heavy atom. The largest absolute Gasteiger partial charge is 0.382 e. The van der Waals surface area contributed by atoms with Crippen molar-refractivity contribution in [2.75, 3.05) is 47.2 Å². The highest BCUT2D eigenvalue weighted by Crippen LogP contribution is 1.93. The van der Waals surface area contributed by atoms with Gasteiger partial charge in [-0.1, -0.05) is 0 Å². The summed E-state index contributed by atoms with van der Waals surface area (Å²) in [5.41, 5.74) is 5.17. The molecule has 3 N–H and O–H groups in total. The highest BCUT2D eigenvalue weighted by atomic mass is 16.5. The molecule has 6 heteroatoms. The third-order valence-electron chi connectivity index (χ3n) is 2.25. The van der Waals surface area contributed by atoms with Crippen molar-refractivity contribution in [2.24, 2.45) is 5.73 Å². The number of nitrogens with two attached hydrogens (primary N) is 1. The average Bonchev–Trinajstić information content (AvgIpc) is 2.31. The van der Waals surface area contributed by atoms with Gasteiger partial charge in [-0.05, 0) is 19.9 Å². The fourth-order valence-corrected chi connectivity index (χ4v) is 1.24. The van der Waals surface area contributed by atoms with E-state index in [1.165, 1.54) is 0 Å². The van der Waals surface area contributed by atoms with Gasteiger partial charge in [0, 0.05) is 26.9 Å². The first-order chi connectivity index (χ1) is 8.22. The second kappa shape index (κ2) is 11.8. The van der Waals surface area contributed by atoms with Crippen LogP contribution in [0.1, 0.15) is 12.8 Å². The van der Waals surface area contributed by atoms with Crippen molar-refractivity contribution in [2.45, 2.75) is 18.9 Å². The molecule has 1 atom stereocenters. The molecule has 0 aliphatic heterocycles. The minimum absolute atomic E-state index is 0.312. The Kier molecular flexibility index (Phi) is 11.3. The van der Waals surface area contributed by atoms with Gasteiger partial charge in [-0.3, -0.25) is 4.79 Å².